The van der Waals surface area contributed by atoms with Crippen LogP contribution in [0.2, 0.25) is 0 Å². The van der Waals surface area contributed by atoms with Gasteiger partial charge in [0.15, 0.2) is 0 Å². The van der Waals surface area contributed by atoms with Crippen LogP contribution < -0.4 is 11.3 Å². The molecule has 1 aromatic carbocycles. The Bertz CT molecular complexity index is 371. The molecule has 0 aromatic heterocycles. The van der Waals surface area contributed by atoms with Crippen LogP contribution in [0.4, 0.5) is 0 Å². The van der Waals surface area contributed by atoms with Gasteiger partial charge in [-0.3, -0.25) is 10.2 Å². The van der Waals surface area contributed by atoms with E-state index in [2.05, 4.69) is 21.4 Å². The van der Waals surface area contributed by atoms with Gasteiger partial charge in [-0.1, -0.05) is 47.5 Å². The minimum Gasteiger partial charge on any atom is -0.364 e. The molecule has 0 fully saturated rings. The molecule has 0 saturated heterocycles. The fraction of sp³-hybridized carbons (Fsp3) is 0.417. The first kappa shape index (κ1) is 14.2. The zero-order chi connectivity index (χ0) is 12.7. The molecule has 1 unspecified atom stereocenters. The molecule has 4 nitrogen and oxygen atoms in total. The van der Waals surface area contributed by atoms with Crippen molar-refractivity contribution in [1.29, 1.82) is 0 Å². The minimum absolute atomic E-state index is 0.279. The third kappa shape index (κ3) is 4.46. The zero-order valence-corrected chi connectivity index (χ0v) is 11.4. The van der Waals surface area contributed by atoms with Crippen LogP contribution in [-0.2, 0) is 16.1 Å². The van der Waals surface area contributed by atoms with Crippen molar-refractivity contribution in [2.45, 2.75) is 32.5 Å². The Morgan fingerprint density at radius 2 is 2.24 bits per heavy atom. The fourth-order valence-corrected chi connectivity index (χ4v) is 1.85. The second-order valence-corrected chi connectivity index (χ2v) is 4.54. The first-order valence-electron chi connectivity index (χ1n) is 5.54. The molecule has 1 aromatic rings. The van der Waals surface area contributed by atoms with E-state index in [-0.39, 0.29) is 5.91 Å². The second-order valence-electron chi connectivity index (χ2n) is 3.69. The summed E-state index contributed by atoms with van der Waals surface area (Å²) in [6.07, 6.45) is 1.04. The van der Waals surface area contributed by atoms with Crippen LogP contribution >= 0.6 is 15.9 Å². The van der Waals surface area contributed by atoms with Crippen molar-refractivity contribution in [3.05, 3.63) is 34.3 Å². The van der Waals surface area contributed by atoms with Crippen molar-refractivity contribution in [3.8, 4) is 0 Å². The topological polar surface area (TPSA) is 64.3 Å². The molecule has 0 radical (unpaired) electrons. The van der Waals surface area contributed by atoms with E-state index >= 15 is 0 Å². The third-order valence-corrected chi connectivity index (χ3v) is 3.16. The monoisotopic (exact) mass is 300 g/mol. The third-order valence-electron chi connectivity index (χ3n) is 2.38. The Labute approximate surface area is 110 Å². The number of rotatable bonds is 6. The lowest BCUT2D eigenvalue weighted by Gasteiger charge is -2.15. The number of hydrogen-bond acceptors (Lipinski definition) is 3. The fourth-order valence-electron chi connectivity index (χ4n) is 1.45. The maximum atomic E-state index is 11.4. The molecular weight excluding hydrogens is 284 g/mol. The van der Waals surface area contributed by atoms with Crippen LogP contribution in [0.3, 0.4) is 0 Å². The van der Waals surface area contributed by atoms with Gasteiger partial charge in [0, 0.05) is 4.47 Å². The summed E-state index contributed by atoms with van der Waals surface area (Å²) in [6.45, 7) is 2.39. The highest BCUT2D eigenvalue weighted by atomic mass is 79.9. The van der Waals surface area contributed by atoms with Gasteiger partial charge in [-0.05, 0) is 18.1 Å². The molecule has 1 amide bonds. The molecular formula is C12H17BrN2O2. The minimum atomic E-state index is -0.489. The molecule has 0 bridgehead atoms. The summed E-state index contributed by atoms with van der Waals surface area (Å²) in [7, 11) is 0. The standard InChI is InChI=1S/C12H17BrN2O2/c1-2-5-11(12(16)15-14)17-8-9-6-3-4-7-10(9)13/h3-4,6-7,11H,2,5,8,14H2,1H3,(H,15,16). The van der Waals surface area contributed by atoms with Crippen molar-refractivity contribution in [1.82, 2.24) is 5.43 Å². The lowest BCUT2D eigenvalue weighted by atomic mass is 10.2. The van der Waals surface area contributed by atoms with E-state index < -0.39 is 6.10 Å². The van der Waals surface area contributed by atoms with Gasteiger partial charge in [0.2, 0.25) is 0 Å². The van der Waals surface area contributed by atoms with Crippen molar-refractivity contribution in [2.24, 2.45) is 5.84 Å². The molecule has 0 aliphatic heterocycles. The van der Waals surface area contributed by atoms with Crippen molar-refractivity contribution < 1.29 is 9.53 Å². The number of carbonyl (C=O) groups is 1. The van der Waals surface area contributed by atoms with E-state index in [1.165, 1.54) is 0 Å². The van der Waals surface area contributed by atoms with Gasteiger partial charge < -0.3 is 4.74 Å². The summed E-state index contributed by atoms with van der Waals surface area (Å²) in [5.41, 5.74) is 3.14. The molecule has 17 heavy (non-hydrogen) atoms. The number of ether oxygens (including phenoxy) is 1. The van der Waals surface area contributed by atoms with E-state index in [1.54, 1.807) is 0 Å². The summed E-state index contributed by atoms with van der Waals surface area (Å²) in [4.78, 5) is 11.4. The van der Waals surface area contributed by atoms with Crippen LogP contribution in [-0.4, -0.2) is 12.0 Å². The molecule has 0 saturated carbocycles. The lowest BCUT2D eigenvalue weighted by molar-refractivity contribution is -0.134. The lowest BCUT2D eigenvalue weighted by Crippen LogP contribution is -2.40. The molecule has 3 N–H and O–H groups in total. The Kier molecular flexibility index (Phi) is 6.18. The number of nitrogens with one attached hydrogen (secondary N) is 1. The van der Waals surface area contributed by atoms with Gasteiger partial charge >= 0.3 is 0 Å². The van der Waals surface area contributed by atoms with Crippen LogP contribution in [0.15, 0.2) is 28.7 Å². The highest BCUT2D eigenvalue weighted by Gasteiger charge is 2.17. The molecule has 0 aliphatic carbocycles. The number of carbonyl (C=O) groups excluding carboxylic acids is 1. The van der Waals surface area contributed by atoms with E-state index in [9.17, 15) is 4.79 Å². The summed E-state index contributed by atoms with van der Waals surface area (Å²) < 4.78 is 6.56. The highest BCUT2D eigenvalue weighted by Crippen LogP contribution is 2.18. The SMILES string of the molecule is CCCC(OCc1ccccc1Br)C(=O)NN. The molecule has 0 aliphatic rings. The van der Waals surface area contributed by atoms with E-state index in [0.29, 0.717) is 13.0 Å². The largest absolute Gasteiger partial charge is 0.364 e. The number of halogens is 1. The van der Waals surface area contributed by atoms with Crippen LogP contribution in [0.25, 0.3) is 0 Å². The normalized spacial score (nSPS) is 12.2. The smallest absolute Gasteiger partial charge is 0.263 e. The number of benzene rings is 1. The molecule has 94 valence electrons. The Balaban J connectivity index is 2.57. The van der Waals surface area contributed by atoms with Gasteiger partial charge in [-0.2, -0.15) is 0 Å². The Morgan fingerprint density at radius 3 is 2.82 bits per heavy atom. The predicted octanol–water partition coefficient (Wildman–Crippen LogP) is 2.12. The second kappa shape index (κ2) is 7.42. The predicted molar refractivity (Wildman–Crippen MR) is 70.0 cm³/mol. The van der Waals surface area contributed by atoms with Crippen molar-refractivity contribution in [3.63, 3.8) is 0 Å². The average Bonchev–Trinajstić information content (AvgIpc) is 2.35. The van der Waals surface area contributed by atoms with Crippen LogP contribution in [0, 0.1) is 0 Å². The summed E-state index contributed by atoms with van der Waals surface area (Å²) in [6, 6.07) is 7.76. The molecule has 0 heterocycles. The van der Waals surface area contributed by atoms with E-state index in [0.717, 1.165) is 16.5 Å². The highest BCUT2D eigenvalue weighted by molar-refractivity contribution is 9.10. The molecule has 1 rings (SSSR count). The first-order chi connectivity index (χ1) is 8.19. The maximum absolute atomic E-state index is 11.4. The van der Waals surface area contributed by atoms with Crippen molar-refractivity contribution in [2.75, 3.05) is 0 Å². The molecule has 5 heteroatoms. The van der Waals surface area contributed by atoms with Crippen molar-refractivity contribution >= 4 is 21.8 Å². The molecule has 0 spiro atoms. The van der Waals surface area contributed by atoms with Gasteiger partial charge in [-0.25, -0.2) is 5.84 Å². The number of nitrogens with two attached hydrogens (primary N) is 1. The van der Waals surface area contributed by atoms with E-state index in [4.69, 9.17) is 10.6 Å². The van der Waals surface area contributed by atoms with Gasteiger partial charge in [0.25, 0.3) is 5.91 Å². The van der Waals surface area contributed by atoms with Gasteiger partial charge in [0.05, 0.1) is 6.61 Å². The number of hydrogen-bond donors (Lipinski definition) is 2. The summed E-state index contributed by atoms with van der Waals surface area (Å²) in [5, 5.41) is 0. The summed E-state index contributed by atoms with van der Waals surface area (Å²) in [5.74, 6) is 4.83. The Morgan fingerprint density at radius 1 is 1.53 bits per heavy atom. The van der Waals surface area contributed by atoms with Gasteiger partial charge in [0.1, 0.15) is 6.10 Å². The number of amides is 1. The average molecular weight is 301 g/mol. The number of hydrazine groups is 1. The van der Waals surface area contributed by atoms with Crippen LogP contribution in [0.5, 0.6) is 0 Å². The first-order valence-corrected chi connectivity index (χ1v) is 6.33. The maximum Gasteiger partial charge on any atom is 0.263 e. The van der Waals surface area contributed by atoms with Crippen LogP contribution in [0.1, 0.15) is 25.3 Å². The molecule has 1 atom stereocenters. The Hall–Kier alpha value is -0.910. The quantitative estimate of drug-likeness (QED) is 0.480. The van der Waals surface area contributed by atoms with Gasteiger partial charge in [-0.15, -0.1) is 0 Å². The summed E-state index contributed by atoms with van der Waals surface area (Å²) >= 11 is 3.43. The van der Waals surface area contributed by atoms with E-state index in [1.807, 2.05) is 31.2 Å². The zero-order valence-electron chi connectivity index (χ0n) is 9.78.